The van der Waals surface area contributed by atoms with Crippen LogP contribution in [0.5, 0.6) is 0 Å². The third-order valence-electron chi connectivity index (χ3n) is 4.58. The van der Waals surface area contributed by atoms with Gasteiger partial charge in [0.25, 0.3) is 0 Å². The number of nitrogens with one attached hydrogen (secondary N) is 1. The summed E-state index contributed by atoms with van der Waals surface area (Å²) in [6.07, 6.45) is 4.25. The van der Waals surface area contributed by atoms with Gasteiger partial charge in [0.15, 0.2) is 5.82 Å². The molecule has 1 atom stereocenters. The quantitative estimate of drug-likeness (QED) is 0.947. The van der Waals surface area contributed by atoms with E-state index in [0.29, 0.717) is 11.8 Å². The van der Waals surface area contributed by atoms with E-state index in [4.69, 9.17) is 0 Å². The van der Waals surface area contributed by atoms with Gasteiger partial charge in [-0.3, -0.25) is 9.89 Å². The number of aromatic amines is 1. The first-order chi connectivity index (χ1) is 10.8. The minimum Gasteiger partial charge on any atom is -0.342 e. The summed E-state index contributed by atoms with van der Waals surface area (Å²) >= 11 is 0. The van der Waals surface area contributed by atoms with Gasteiger partial charge in [0.05, 0.1) is 0 Å². The second kappa shape index (κ2) is 5.55. The molecule has 5 heteroatoms. The highest BCUT2D eigenvalue weighted by Gasteiger charge is 2.36. The summed E-state index contributed by atoms with van der Waals surface area (Å²) in [4.78, 5) is 18.9. The third-order valence-corrected chi connectivity index (χ3v) is 4.58. The number of H-pyrrole nitrogens is 1. The molecule has 0 spiro atoms. The highest BCUT2D eigenvalue weighted by Crippen LogP contribution is 2.34. The topological polar surface area (TPSA) is 61.9 Å². The van der Waals surface area contributed by atoms with Crippen molar-refractivity contribution in [3.63, 3.8) is 0 Å². The number of hydrogen-bond acceptors (Lipinski definition) is 3. The molecule has 4 rings (SSSR count). The molecule has 0 unspecified atom stereocenters. The lowest BCUT2D eigenvalue weighted by Crippen LogP contribution is -2.40. The van der Waals surface area contributed by atoms with E-state index in [1.165, 1.54) is 0 Å². The molecular formula is C17H20N4O. The highest BCUT2D eigenvalue weighted by molar-refractivity contribution is 5.81. The summed E-state index contributed by atoms with van der Waals surface area (Å²) in [6.45, 7) is 1.67. The number of hydrogen-bond donors (Lipinski definition) is 1. The van der Waals surface area contributed by atoms with Crippen molar-refractivity contribution in [3.05, 3.63) is 36.2 Å². The van der Waals surface area contributed by atoms with Crippen LogP contribution in [0.3, 0.4) is 0 Å². The van der Waals surface area contributed by atoms with Crippen molar-refractivity contribution in [1.29, 1.82) is 0 Å². The summed E-state index contributed by atoms with van der Waals surface area (Å²) in [5, 5.41) is 7.42. The number of amides is 1. The Bertz CT molecular complexity index is 662. The predicted molar refractivity (Wildman–Crippen MR) is 83.1 cm³/mol. The number of rotatable bonds is 3. The fourth-order valence-corrected chi connectivity index (χ4v) is 3.16. The molecule has 2 fully saturated rings. The number of carbonyl (C=O) groups excluding carboxylic acids is 1. The van der Waals surface area contributed by atoms with E-state index in [0.717, 1.165) is 56.0 Å². The minimum absolute atomic E-state index is 0.279. The number of aromatic nitrogens is 3. The fraction of sp³-hybridized carbons (Fsp3) is 0.471. The van der Waals surface area contributed by atoms with Crippen LogP contribution in [-0.2, 0) is 4.79 Å². The Morgan fingerprint density at radius 1 is 1.18 bits per heavy atom. The van der Waals surface area contributed by atoms with Crippen LogP contribution in [0.4, 0.5) is 0 Å². The molecule has 2 aromatic rings. The Labute approximate surface area is 129 Å². The average Bonchev–Trinajstić information content (AvgIpc) is 3.31. The third kappa shape index (κ3) is 2.63. The van der Waals surface area contributed by atoms with E-state index in [2.05, 4.69) is 15.2 Å². The molecular weight excluding hydrogens is 276 g/mol. The summed E-state index contributed by atoms with van der Waals surface area (Å²) in [5.74, 6) is 2.57. The second-order valence-corrected chi connectivity index (χ2v) is 6.31. The number of nitrogens with zero attached hydrogens (tertiary/aromatic N) is 3. The summed E-state index contributed by atoms with van der Waals surface area (Å²) < 4.78 is 0. The lowest BCUT2D eigenvalue weighted by molar-refractivity contribution is -0.133. The minimum atomic E-state index is 0.279. The van der Waals surface area contributed by atoms with E-state index in [1.807, 2.05) is 35.2 Å². The van der Waals surface area contributed by atoms with Crippen LogP contribution in [0.1, 0.15) is 37.4 Å². The second-order valence-electron chi connectivity index (χ2n) is 6.31. The van der Waals surface area contributed by atoms with Crippen molar-refractivity contribution in [2.75, 3.05) is 13.1 Å². The molecule has 0 radical (unpaired) electrons. The summed E-state index contributed by atoms with van der Waals surface area (Å²) in [7, 11) is 0. The maximum atomic E-state index is 12.2. The molecule has 2 heterocycles. The van der Waals surface area contributed by atoms with Crippen LogP contribution < -0.4 is 0 Å². The number of piperidine rings is 1. The first-order valence-corrected chi connectivity index (χ1v) is 8.08. The Morgan fingerprint density at radius 2 is 2.00 bits per heavy atom. The van der Waals surface area contributed by atoms with E-state index in [1.54, 1.807) is 0 Å². The molecule has 5 nitrogen and oxygen atoms in total. The van der Waals surface area contributed by atoms with E-state index in [9.17, 15) is 4.79 Å². The smallest absolute Gasteiger partial charge is 0.225 e. The van der Waals surface area contributed by atoms with Crippen LogP contribution in [0.2, 0.25) is 0 Å². The molecule has 1 aromatic carbocycles. The van der Waals surface area contributed by atoms with Gasteiger partial charge in [-0.15, -0.1) is 0 Å². The predicted octanol–water partition coefficient (Wildman–Crippen LogP) is 2.59. The van der Waals surface area contributed by atoms with Crippen molar-refractivity contribution in [3.8, 4) is 11.4 Å². The van der Waals surface area contributed by atoms with Gasteiger partial charge >= 0.3 is 0 Å². The molecule has 114 valence electrons. The van der Waals surface area contributed by atoms with E-state index in [-0.39, 0.29) is 5.92 Å². The highest BCUT2D eigenvalue weighted by atomic mass is 16.2. The van der Waals surface area contributed by atoms with Crippen molar-refractivity contribution in [2.24, 2.45) is 5.92 Å². The van der Waals surface area contributed by atoms with E-state index < -0.39 is 0 Å². The van der Waals surface area contributed by atoms with E-state index >= 15 is 0 Å². The van der Waals surface area contributed by atoms with Gasteiger partial charge in [-0.2, -0.15) is 5.10 Å². The zero-order valence-electron chi connectivity index (χ0n) is 12.5. The lowest BCUT2D eigenvalue weighted by Gasteiger charge is -2.31. The Hall–Kier alpha value is -2.17. The molecule has 22 heavy (non-hydrogen) atoms. The number of likely N-dealkylation sites (tertiary alicyclic amines) is 1. The van der Waals surface area contributed by atoms with Crippen LogP contribution >= 0.6 is 0 Å². The molecule has 1 saturated carbocycles. The van der Waals surface area contributed by atoms with Gasteiger partial charge in [-0.1, -0.05) is 30.3 Å². The van der Waals surface area contributed by atoms with Crippen molar-refractivity contribution >= 4 is 5.91 Å². The Morgan fingerprint density at radius 3 is 2.77 bits per heavy atom. The molecule has 1 aliphatic carbocycles. The van der Waals surface area contributed by atoms with Gasteiger partial charge < -0.3 is 4.90 Å². The van der Waals surface area contributed by atoms with Gasteiger partial charge in [-0.25, -0.2) is 4.98 Å². The summed E-state index contributed by atoms with van der Waals surface area (Å²) in [6, 6.07) is 9.98. The molecule has 1 aromatic heterocycles. The van der Waals surface area contributed by atoms with Crippen LogP contribution in [0, 0.1) is 5.92 Å². The molecule has 1 amide bonds. The standard InChI is InChI=1S/C17H20N4O/c22-17(13-8-9-13)21-10-4-7-14(11-21)16-18-15(19-20-16)12-5-2-1-3-6-12/h1-3,5-6,13-14H,4,7-11H2,(H,18,19,20)/t14-/m0/s1. The molecule has 1 N–H and O–H groups in total. The first-order valence-electron chi connectivity index (χ1n) is 8.08. The van der Waals surface area contributed by atoms with Crippen LogP contribution in [0.15, 0.2) is 30.3 Å². The van der Waals surface area contributed by atoms with Gasteiger partial charge in [0, 0.05) is 30.5 Å². The Kier molecular flexibility index (Phi) is 3.41. The molecule has 1 aliphatic heterocycles. The van der Waals surface area contributed by atoms with Crippen molar-refractivity contribution in [1.82, 2.24) is 20.1 Å². The van der Waals surface area contributed by atoms with Gasteiger partial charge in [-0.05, 0) is 25.7 Å². The first kappa shape index (κ1) is 13.5. The number of carbonyl (C=O) groups is 1. The molecule has 0 bridgehead atoms. The largest absolute Gasteiger partial charge is 0.342 e. The van der Waals surface area contributed by atoms with Gasteiger partial charge in [0.1, 0.15) is 5.82 Å². The maximum Gasteiger partial charge on any atom is 0.225 e. The maximum absolute atomic E-state index is 12.2. The number of benzene rings is 1. The zero-order chi connectivity index (χ0) is 14.9. The normalized spacial score (nSPS) is 21.8. The van der Waals surface area contributed by atoms with Crippen molar-refractivity contribution < 1.29 is 4.79 Å². The van der Waals surface area contributed by atoms with Crippen molar-refractivity contribution in [2.45, 2.75) is 31.6 Å². The molecule has 1 saturated heterocycles. The SMILES string of the molecule is O=C(C1CC1)N1CCC[C@H](c2nc(-c3ccccc3)n[nH]2)C1. The molecule has 2 aliphatic rings. The Balaban J connectivity index is 1.49. The monoisotopic (exact) mass is 296 g/mol. The lowest BCUT2D eigenvalue weighted by atomic mass is 9.97. The van der Waals surface area contributed by atoms with Crippen LogP contribution in [-0.4, -0.2) is 39.1 Å². The van der Waals surface area contributed by atoms with Gasteiger partial charge in [0.2, 0.25) is 5.91 Å². The zero-order valence-corrected chi connectivity index (χ0v) is 12.5. The van der Waals surface area contributed by atoms with Crippen LogP contribution in [0.25, 0.3) is 11.4 Å². The summed E-state index contributed by atoms with van der Waals surface area (Å²) in [5.41, 5.74) is 1.02. The fourth-order valence-electron chi connectivity index (χ4n) is 3.16. The average molecular weight is 296 g/mol.